The zero-order valence-electron chi connectivity index (χ0n) is 12.0. The van der Waals surface area contributed by atoms with Crippen molar-refractivity contribution in [3.8, 4) is 0 Å². The van der Waals surface area contributed by atoms with Gasteiger partial charge in [-0.3, -0.25) is 0 Å². The van der Waals surface area contributed by atoms with Gasteiger partial charge in [-0.15, -0.1) is 0 Å². The summed E-state index contributed by atoms with van der Waals surface area (Å²) in [6, 6.07) is 0. The Morgan fingerprint density at radius 3 is 2.58 bits per heavy atom. The number of hydrogen-bond donors (Lipinski definition) is 1. The van der Waals surface area contributed by atoms with E-state index in [4.69, 9.17) is 14.2 Å². The van der Waals surface area contributed by atoms with Crippen LogP contribution in [0.5, 0.6) is 0 Å². The first-order valence-electron chi connectivity index (χ1n) is 7.50. The Kier molecular flexibility index (Phi) is 6.04. The molecule has 0 amide bonds. The minimum Gasteiger partial charge on any atom is -0.389 e. The third-order valence-corrected chi connectivity index (χ3v) is 3.85. The van der Waals surface area contributed by atoms with Gasteiger partial charge in [0.15, 0.2) is 5.79 Å². The molecule has 1 atom stereocenters. The van der Waals surface area contributed by atoms with Crippen molar-refractivity contribution in [1.82, 2.24) is 4.90 Å². The molecule has 2 aliphatic rings. The van der Waals surface area contributed by atoms with Crippen molar-refractivity contribution >= 4 is 0 Å². The van der Waals surface area contributed by atoms with Gasteiger partial charge in [0.05, 0.1) is 25.9 Å². The number of piperidine rings is 1. The Balaban J connectivity index is 1.59. The number of aliphatic hydroxyl groups is 1. The SMILES string of the molecule is CCCCOCC(O)CN1CCC2(CC1)OCCO2. The quantitative estimate of drug-likeness (QED) is 0.701. The zero-order valence-corrected chi connectivity index (χ0v) is 12.0. The molecule has 0 aromatic rings. The van der Waals surface area contributed by atoms with E-state index in [9.17, 15) is 5.11 Å². The lowest BCUT2D eigenvalue weighted by Gasteiger charge is -2.38. The van der Waals surface area contributed by atoms with Gasteiger partial charge in [0, 0.05) is 39.1 Å². The second-order valence-electron chi connectivity index (χ2n) is 5.49. The van der Waals surface area contributed by atoms with Crippen LogP contribution >= 0.6 is 0 Å². The fraction of sp³-hybridized carbons (Fsp3) is 1.00. The Hall–Kier alpha value is -0.200. The third-order valence-electron chi connectivity index (χ3n) is 3.85. The van der Waals surface area contributed by atoms with Gasteiger partial charge in [0.25, 0.3) is 0 Å². The van der Waals surface area contributed by atoms with Crippen LogP contribution in [0.25, 0.3) is 0 Å². The average Bonchev–Trinajstić information content (AvgIpc) is 2.86. The molecule has 0 aromatic carbocycles. The van der Waals surface area contributed by atoms with Gasteiger partial charge in [-0.2, -0.15) is 0 Å². The molecule has 0 radical (unpaired) electrons. The number of β-amino-alcohol motifs (C(OH)–C–C–N with tert-alkyl or cyclic N) is 1. The Morgan fingerprint density at radius 2 is 1.95 bits per heavy atom. The summed E-state index contributed by atoms with van der Waals surface area (Å²) in [5.41, 5.74) is 0. The van der Waals surface area contributed by atoms with Crippen molar-refractivity contribution in [1.29, 1.82) is 0 Å². The van der Waals surface area contributed by atoms with E-state index in [2.05, 4.69) is 11.8 Å². The molecule has 1 unspecified atom stereocenters. The van der Waals surface area contributed by atoms with Crippen LogP contribution in [0.1, 0.15) is 32.6 Å². The van der Waals surface area contributed by atoms with Crippen molar-refractivity contribution in [2.75, 3.05) is 46.1 Å². The summed E-state index contributed by atoms with van der Waals surface area (Å²) in [7, 11) is 0. The van der Waals surface area contributed by atoms with E-state index in [0.29, 0.717) is 26.4 Å². The van der Waals surface area contributed by atoms with Crippen molar-refractivity contribution in [3.63, 3.8) is 0 Å². The number of aliphatic hydroxyl groups excluding tert-OH is 1. The summed E-state index contributed by atoms with van der Waals surface area (Å²) in [5, 5.41) is 9.93. The van der Waals surface area contributed by atoms with Crippen LogP contribution in [0.2, 0.25) is 0 Å². The summed E-state index contributed by atoms with van der Waals surface area (Å²) in [6.45, 7) is 7.28. The van der Waals surface area contributed by atoms with Gasteiger partial charge in [-0.1, -0.05) is 13.3 Å². The monoisotopic (exact) mass is 273 g/mol. The Morgan fingerprint density at radius 1 is 1.26 bits per heavy atom. The predicted octanol–water partition coefficient (Wildman–Crippen LogP) is 1.00. The fourth-order valence-electron chi connectivity index (χ4n) is 2.68. The van der Waals surface area contributed by atoms with Crippen molar-refractivity contribution in [3.05, 3.63) is 0 Å². The summed E-state index contributed by atoms with van der Waals surface area (Å²) in [4.78, 5) is 2.27. The highest BCUT2D eigenvalue weighted by molar-refractivity contribution is 4.83. The summed E-state index contributed by atoms with van der Waals surface area (Å²) >= 11 is 0. The number of rotatable bonds is 7. The number of hydrogen-bond acceptors (Lipinski definition) is 5. The standard InChI is InChI=1S/C14H27NO4/c1-2-3-8-17-12-13(16)11-15-6-4-14(5-7-15)18-9-10-19-14/h13,16H,2-12H2,1H3. The number of unbranched alkanes of at least 4 members (excludes halogenated alkanes) is 1. The maximum atomic E-state index is 9.93. The molecule has 0 bridgehead atoms. The number of nitrogens with zero attached hydrogens (tertiary/aromatic N) is 1. The molecule has 0 saturated carbocycles. The zero-order chi connectivity index (χ0) is 13.6. The first-order chi connectivity index (χ1) is 9.24. The molecule has 5 nitrogen and oxygen atoms in total. The number of likely N-dealkylation sites (tertiary alicyclic amines) is 1. The summed E-state index contributed by atoms with van der Waals surface area (Å²) in [6.07, 6.45) is 3.60. The summed E-state index contributed by atoms with van der Waals surface area (Å²) < 4.78 is 16.8. The molecule has 0 aromatic heterocycles. The van der Waals surface area contributed by atoms with E-state index < -0.39 is 6.10 Å². The Bertz CT molecular complexity index is 246. The van der Waals surface area contributed by atoms with E-state index in [0.717, 1.165) is 45.4 Å². The van der Waals surface area contributed by atoms with E-state index in [1.807, 2.05) is 0 Å². The molecular weight excluding hydrogens is 246 g/mol. The first kappa shape index (κ1) is 15.2. The maximum Gasteiger partial charge on any atom is 0.170 e. The van der Waals surface area contributed by atoms with Gasteiger partial charge in [-0.25, -0.2) is 0 Å². The smallest absolute Gasteiger partial charge is 0.170 e. The largest absolute Gasteiger partial charge is 0.389 e. The van der Waals surface area contributed by atoms with E-state index in [-0.39, 0.29) is 5.79 Å². The van der Waals surface area contributed by atoms with Crippen LogP contribution in [0.3, 0.4) is 0 Å². The maximum absolute atomic E-state index is 9.93. The lowest BCUT2D eigenvalue weighted by molar-refractivity contribution is -0.186. The highest BCUT2D eigenvalue weighted by atomic mass is 16.7. The molecule has 5 heteroatoms. The topological polar surface area (TPSA) is 51.2 Å². The molecule has 2 saturated heterocycles. The highest BCUT2D eigenvalue weighted by Crippen LogP contribution is 2.31. The van der Waals surface area contributed by atoms with Crippen LogP contribution in [0, 0.1) is 0 Å². The average molecular weight is 273 g/mol. The van der Waals surface area contributed by atoms with Crippen molar-refractivity contribution in [2.24, 2.45) is 0 Å². The second kappa shape index (κ2) is 7.55. The van der Waals surface area contributed by atoms with Crippen molar-refractivity contribution in [2.45, 2.75) is 44.5 Å². The molecule has 1 spiro atoms. The molecular formula is C14H27NO4. The van der Waals surface area contributed by atoms with Gasteiger partial charge in [0.2, 0.25) is 0 Å². The lowest BCUT2D eigenvalue weighted by atomic mass is 10.0. The van der Waals surface area contributed by atoms with Gasteiger partial charge in [0.1, 0.15) is 0 Å². The van der Waals surface area contributed by atoms with Gasteiger partial charge < -0.3 is 24.2 Å². The van der Waals surface area contributed by atoms with Crippen LogP contribution in [0.15, 0.2) is 0 Å². The minimum absolute atomic E-state index is 0.320. The lowest BCUT2D eigenvalue weighted by Crippen LogP contribution is -2.47. The van der Waals surface area contributed by atoms with E-state index in [1.165, 1.54) is 0 Å². The van der Waals surface area contributed by atoms with Gasteiger partial charge in [-0.05, 0) is 6.42 Å². The van der Waals surface area contributed by atoms with Crippen molar-refractivity contribution < 1.29 is 19.3 Å². The van der Waals surface area contributed by atoms with Crippen LogP contribution in [-0.4, -0.2) is 68.0 Å². The number of ether oxygens (including phenoxy) is 3. The van der Waals surface area contributed by atoms with Crippen LogP contribution < -0.4 is 0 Å². The molecule has 19 heavy (non-hydrogen) atoms. The molecule has 2 rings (SSSR count). The molecule has 2 fully saturated rings. The molecule has 2 heterocycles. The molecule has 0 aliphatic carbocycles. The normalized spacial score (nSPS) is 24.9. The second-order valence-corrected chi connectivity index (χ2v) is 5.49. The van der Waals surface area contributed by atoms with Crippen LogP contribution in [-0.2, 0) is 14.2 Å². The first-order valence-corrected chi connectivity index (χ1v) is 7.50. The fourth-order valence-corrected chi connectivity index (χ4v) is 2.68. The highest BCUT2D eigenvalue weighted by Gasteiger charge is 2.39. The molecule has 112 valence electrons. The summed E-state index contributed by atoms with van der Waals surface area (Å²) in [5.74, 6) is -0.320. The molecule has 1 N–H and O–H groups in total. The Labute approximate surface area is 115 Å². The van der Waals surface area contributed by atoms with E-state index in [1.54, 1.807) is 0 Å². The minimum atomic E-state index is -0.392. The van der Waals surface area contributed by atoms with Crippen LogP contribution in [0.4, 0.5) is 0 Å². The molecule has 2 aliphatic heterocycles. The van der Waals surface area contributed by atoms with Gasteiger partial charge >= 0.3 is 0 Å². The van der Waals surface area contributed by atoms with E-state index >= 15 is 0 Å². The predicted molar refractivity (Wildman–Crippen MR) is 72.0 cm³/mol. The third kappa shape index (κ3) is 4.68.